The van der Waals surface area contributed by atoms with Crippen molar-refractivity contribution in [3.63, 3.8) is 0 Å². The van der Waals surface area contributed by atoms with Crippen LogP contribution >= 0.6 is 12.2 Å². The van der Waals surface area contributed by atoms with Crippen molar-refractivity contribution < 1.29 is 4.18 Å². The molecule has 10 heavy (non-hydrogen) atoms. The van der Waals surface area contributed by atoms with Gasteiger partial charge in [0.25, 0.3) is 0 Å². The van der Waals surface area contributed by atoms with E-state index in [-0.39, 0.29) is 0 Å². The number of para-hydroxylation sites is 1. The molecule has 0 spiro atoms. The molecule has 0 aliphatic heterocycles. The third-order valence-electron chi connectivity index (χ3n) is 0.964. The molecule has 0 aliphatic rings. The molecule has 54 valence electrons. The van der Waals surface area contributed by atoms with Crippen LogP contribution in [0.2, 0.25) is 0 Å². The highest BCUT2D eigenvalue weighted by molar-refractivity contribution is 7.93. The van der Waals surface area contributed by atoms with Crippen LogP contribution in [0.15, 0.2) is 30.3 Å². The maximum absolute atomic E-state index is 5.16. The Balaban J connectivity index is 2.43. The van der Waals surface area contributed by atoms with Gasteiger partial charge in [0.05, 0.1) is 0 Å². The Kier molecular flexibility index (Phi) is 3.12. The first-order chi connectivity index (χ1) is 4.93. The van der Waals surface area contributed by atoms with E-state index in [0.717, 1.165) is 5.75 Å². The molecule has 0 saturated heterocycles. The van der Waals surface area contributed by atoms with Crippen LogP contribution in [0.5, 0.6) is 5.75 Å². The van der Waals surface area contributed by atoms with E-state index in [1.165, 1.54) is 12.2 Å². The van der Waals surface area contributed by atoms with Gasteiger partial charge in [-0.25, -0.2) is 4.72 Å². The molecule has 0 saturated carbocycles. The first kappa shape index (κ1) is 7.44. The molecule has 0 unspecified atom stereocenters. The SMILES string of the molecule is CNSOc1ccccc1. The number of rotatable bonds is 3. The van der Waals surface area contributed by atoms with E-state index in [1.54, 1.807) is 0 Å². The fourth-order valence-electron chi connectivity index (χ4n) is 0.566. The zero-order chi connectivity index (χ0) is 7.23. The fourth-order valence-corrected chi connectivity index (χ4v) is 0.856. The van der Waals surface area contributed by atoms with Crippen LogP contribution in [-0.2, 0) is 0 Å². The number of benzene rings is 1. The summed E-state index contributed by atoms with van der Waals surface area (Å²) in [6.07, 6.45) is 0. The predicted octanol–water partition coefficient (Wildman–Crippen LogP) is 1.85. The highest BCUT2D eigenvalue weighted by atomic mass is 32.2. The molecule has 0 bridgehead atoms. The van der Waals surface area contributed by atoms with Gasteiger partial charge >= 0.3 is 0 Å². The van der Waals surface area contributed by atoms with E-state index in [0.29, 0.717) is 0 Å². The van der Waals surface area contributed by atoms with Crippen LogP contribution in [0.25, 0.3) is 0 Å². The first-order valence-electron chi connectivity index (χ1n) is 2.99. The molecule has 0 radical (unpaired) electrons. The Bertz CT molecular complexity index is 178. The molecule has 1 aromatic rings. The van der Waals surface area contributed by atoms with E-state index in [4.69, 9.17) is 4.18 Å². The number of hydrogen-bond donors (Lipinski definition) is 1. The summed E-state index contributed by atoms with van der Waals surface area (Å²) < 4.78 is 7.97. The normalized spacial score (nSPS) is 9.30. The predicted molar refractivity (Wildman–Crippen MR) is 43.7 cm³/mol. The molecule has 0 heterocycles. The summed E-state index contributed by atoms with van der Waals surface area (Å²) in [5.74, 6) is 0.863. The summed E-state index contributed by atoms with van der Waals surface area (Å²) in [5.41, 5.74) is 0. The van der Waals surface area contributed by atoms with E-state index >= 15 is 0 Å². The number of hydrogen-bond acceptors (Lipinski definition) is 3. The molecule has 0 aliphatic carbocycles. The van der Waals surface area contributed by atoms with Crippen LogP contribution in [0.1, 0.15) is 0 Å². The summed E-state index contributed by atoms with van der Waals surface area (Å²) in [4.78, 5) is 0. The average Bonchev–Trinajstić information content (AvgIpc) is 2.03. The monoisotopic (exact) mass is 155 g/mol. The van der Waals surface area contributed by atoms with Gasteiger partial charge in [-0.3, -0.25) is 0 Å². The Morgan fingerprint density at radius 2 is 2.00 bits per heavy atom. The molecule has 1 aromatic carbocycles. The molecule has 0 atom stereocenters. The molecular weight excluding hydrogens is 146 g/mol. The van der Waals surface area contributed by atoms with Crippen molar-refractivity contribution in [1.82, 2.24) is 4.72 Å². The molecule has 0 amide bonds. The van der Waals surface area contributed by atoms with Crippen LogP contribution in [0.3, 0.4) is 0 Å². The zero-order valence-corrected chi connectivity index (χ0v) is 6.52. The van der Waals surface area contributed by atoms with Gasteiger partial charge in [-0.05, 0) is 19.2 Å². The molecule has 0 aromatic heterocycles. The van der Waals surface area contributed by atoms with Gasteiger partial charge in [0.15, 0.2) is 0 Å². The minimum absolute atomic E-state index is 0.863. The summed E-state index contributed by atoms with van der Waals surface area (Å²) in [5, 5.41) is 0. The van der Waals surface area contributed by atoms with Crippen molar-refractivity contribution in [2.45, 2.75) is 0 Å². The van der Waals surface area contributed by atoms with Crippen molar-refractivity contribution >= 4 is 12.2 Å². The topological polar surface area (TPSA) is 21.3 Å². The van der Waals surface area contributed by atoms with Crippen molar-refractivity contribution in [2.75, 3.05) is 7.05 Å². The quantitative estimate of drug-likeness (QED) is 0.531. The lowest BCUT2D eigenvalue weighted by molar-refractivity contribution is 0.640. The molecule has 1 rings (SSSR count). The second kappa shape index (κ2) is 4.19. The van der Waals surface area contributed by atoms with Crippen LogP contribution in [-0.4, -0.2) is 7.05 Å². The Hall–Kier alpha value is -0.670. The lowest BCUT2D eigenvalue weighted by Crippen LogP contribution is -1.94. The summed E-state index contributed by atoms with van der Waals surface area (Å²) in [7, 11) is 1.81. The van der Waals surface area contributed by atoms with Crippen molar-refractivity contribution in [1.29, 1.82) is 0 Å². The second-order valence-electron chi connectivity index (χ2n) is 1.68. The standard InChI is InChI=1S/C7H9NOS/c1-8-10-9-7-5-3-2-4-6-7/h2-6,8H,1H3. The van der Waals surface area contributed by atoms with Gasteiger partial charge < -0.3 is 4.18 Å². The Labute approximate surface area is 64.9 Å². The fraction of sp³-hybridized carbons (Fsp3) is 0.143. The maximum Gasteiger partial charge on any atom is 0.143 e. The van der Waals surface area contributed by atoms with Gasteiger partial charge in [-0.1, -0.05) is 18.2 Å². The van der Waals surface area contributed by atoms with E-state index in [1.807, 2.05) is 37.4 Å². The minimum atomic E-state index is 0.863. The molecule has 3 heteroatoms. The van der Waals surface area contributed by atoms with Crippen LogP contribution < -0.4 is 8.91 Å². The summed E-state index contributed by atoms with van der Waals surface area (Å²) >= 11 is 1.21. The van der Waals surface area contributed by atoms with Gasteiger partial charge in [0.2, 0.25) is 0 Å². The van der Waals surface area contributed by atoms with E-state index in [2.05, 4.69) is 4.72 Å². The van der Waals surface area contributed by atoms with Gasteiger partial charge in [0, 0.05) is 0 Å². The molecular formula is C7H9NOS. The van der Waals surface area contributed by atoms with Crippen molar-refractivity contribution in [2.24, 2.45) is 0 Å². The highest BCUT2D eigenvalue weighted by Gasteiger charge is 1.87. The summed E-state index contributed by atoms with van der Waals surface area (Å²) in [6, 6.07) is 9.64. The second-order valence-corrected chi connectivity index (χ2v) is 2.43. The lowest BCUT2D eigenvalue weighted by atomic mass is 10.3. The Morgan fingerprint density at radius 3 is 2.60 bits per heavy atom. The van der Waals surface area contributed by atoms with Gasteiger partial charge in [-0.2, -0.15) is 0 Å². The van der Waals surface area contributed by atoms with E-state index in [9.17, 15) is 0 Å². The van der Waals surface area contributed by atoms with Gasteiger partial charge in [-0.15, -0.1) is 0 Å². The average molecular weight is 155 g/mol. The lowest BCUT2D eigenvalue weighted by Gasteiger charge is -1.99. The minimum Gasteiger partial charge on any atom is -0.410 e. The smallest absolute Gasteiger partial charge is 0.143 e. The summed E-state index contributed by atoms with van der Waals surface area (Å²) in [6.45, 7) is 0. The van der Waals surface area contributed by atoms with Crippen molar-refractivity contribution in [3.8, 4) is 5.75 Å². The number of nitrogens with one attached hydrogen (secondary N) is 1. The maximum atomic E-state index is 5.16. The van der Waals surface area contributed by atoms with E-state index < -0.39 is 0 Å². The highest BCUT2D eigenvalue weighted by Crippen LogP contribution is 2.12. The van der Waals surface area contributed by atoms with Crippen molar-refractivity contribution in [3.05, 3.63) is 30.3 Å². The molecule has 1 N–H and O–H groups in total. The first-order valence-corrected chi connectivity index (χ1v) is 3.73. The van der Waals surface area contributed by atoms with Crippen LogP contribution in [0.4, 0.5) is 0 Å². The third-order valence-corrected chi connectivity index (χ3v) is 1.41. The van der Waals surface area contributed by atoms with Gasteiger partial charge in [0.1, 0.15) is 18.0 Å². The van der Waals surface area contributed by atoms with Crippen LogP contribution in [0, 0.1) is 0 Å². The molecule has 2 nitrogen and oxygen atoms in total. The Morgan fingerprint density at radius 1 is 1.30 bits per heavy atom. The zero-order valence-electron chi connectivity index (χ0n) is 5.70. The largest absolute Gasteiger partial charge is 0.410 e. The third kappa shape index (κ3) is 2.29. The molecule has 0 fully saturated rings.